The topological polar surface area (TPSA) is 89.0 Å². The summed E-state index contributed by atoms with van der Waals surface area (Å²) in [4.78, 5) is 12.6. The molecule has 1 N–H and O–H groups in total. The van der Waals surface area contributed by atoms with Crippen LogP contribution in [0.25, 0.3) is 0 Å². The molecule has 0 bridgehead atoms. The number of nitrogens with zero attached hydrogens (tertiary/aromatic N) is 2. The summed E-state index contributed by atoms with van der Waals surface area (Å²) in [5.41, 5.74) is 2.29. The average Bonchev–Trinajstić information content (AvgIpc) is 3.05. The second-order valence-electron chi connectivity index (χ2n) is 5.70. The number of hydrogen-bond acceptors (Lipinski definition) is 6. The molecule has 0 aliphatic carbocycles. The zero-order valence-electron chi connectivity index (χ0n) is 13.9. The van der Waals surface area contributed by atoms with Crippen LogP contribution in [-0.4, -0.2) is 23.9 Å². The fourth-order valence-electron chi connectivity index (χ4n) is 2.45. The molecule has 0 aliphatic heterocycles. The Hall–Kier alpha value is -2.29. The van der Waals surface area contributed by atoms with E-state index in [-0.39, 0.29) is 14.8 Å². The van der Waals surface area contributed by atoms with E-state index in [0.29, 0.717) is 22.2 Å². The Morgan fingerprint density at radius 3 is 2.31 bits per heavy atom. The largest absolute Gasteiger partial charge is 0.321 e. The van der Waals surface area contributed by atoms with Gasteiger partial charge in [-0.25, -0.2) is 8.42 Å². The van der Waals surface area contributed by atoms with Crippen LogP contribution in [0.1, 0.15) is 21.6 Å². The van der Waals surface area contributed by atoms with Crippen LogP contribution < -0.4 is 5.32 Å². The van der Waals surface area contributed by atoms with Crippen molar-refractivity contribution in [1.29, 1.82) is 0 Å². The Kier molecular flexibility index (Phi) is 5.08. The number of aryl methyl sites for hydroxylation is 2. The van der Waals surface area contributed by atoms with E-state index in [4.69, 9.17) is 11.6 Å². The summed E-state index contributed by atoms with van der Waals surface area (Å²) in [6, 6.07) is 11.2. The smallest absolute Gasteiger partial charge is 0.278 e. The Balaban J connectivity index is 1.95. The van der Waals surface area contributed by atoms with Gasteiger partial charge in [0.25, 0.3) is 5.91 Å². The van der Waals surface area contributed by atoms with Crippen molar-refractivity contribution in [3.63, 3.8) is 0 Å². The minimum Gasteiger partial charge on any atom is -0.321 e. The summed E-state index contributed by atoms with van der Waals surface area (Å²) in [5, 5.41) is 6.81. The first-order valence-corrected chi connectivity index (χ1v) is 10.1. The van der Waals surface area contributed by atoms with Crippen molar-refractivity contribution in [2.45, 2.75) is 23.0 Å². The van der Waals surface area contributed by atoms with Gasteiger partial charge in [-0.2, -0.15) is 0 Å². The third-order valence-electron chi connectivity index (χ3n) is 3.52. The highest BCUT2D eigenvalue weighted by atomic mass is 35.5. The minimum atomic E-state index is -3.92. The maximum Gasteiger partial charge on any atom is 0.278 e. The lowest BCUT2D eigenvalue weighted by Gasteiger charge is -2.07. The molecule has 0 aliphatic rings. The first-order valence-electron chi connectivity index (χ1n) is 7.50. The van der Waals surface area contributed by atoms with Crippen molar-refractivity contribution in [3.05, 3.63) is 64.3 Å². The fourth-order valence-corrected chi connectivity index (χ4v) is 4.88. The molecular weight excluding hydrogens is 394 g/mol. The summed E-state index contributed by atoms with van der Waals surface area (Å²) in [6.45, 7) is 3.81. The molecule has 3 aromatic rings. The molecule has 9 heteroatoms. The maximum atomic E-state index is 12.8. The Morgan fingerprint density at radius 2 is 1.69 bits per heavy atom. The van der Waals surface area contributed by atoms with E-state index in [1.54, 1.807) is 12.1 Å². The number of amides is 1. The molecule has 0 saturated heterocycles. The quantitative estimate of drug-likeness (QED) is 0.708. The Labute approximate surface area is 159 Å². The van der Waals surface area contributed by atoms with Gasteiger partial charge in [-0.15, -0.1) is 5.10 Å². The van der Waals surface area contributed by atoms with Crippen LogP contribution >= 0.6 is 23.1 Å². The van der Waals surface area contributed by atoms with Crippen molar-refractivity contribution in [2.75, 3.05) is 5.32 Å². The highest BCUT2D eigenvalue weighted by molar-refractivity contribution is 7.93. The van der Waals surface area contributed by atoms with Gasteiger partial charge in [0, 0.05) is 22.2 Å². The molecule has 0 spiro atoms. The number of halogens is 1. The van der Waals surface area contributed by atoms with E-state index in [9.17, 15) is 13.2 Å². The molecule has 0 unspecified atom stereocenters. The van der Waals surface area contributed by atoms with Crippen molar-refractivity contribution in [3.8, 4) is 0 Å². The normalized spacial score (nSPS) is 11.3. The maximum absolute atomic E-state index is 12.8. The third kappa shape index (κ3) is 3.77. The second-order valence-corrected chi connectivity index (χ2v) is 9.03. The van der Waals surface area contributed by atoms with Crippen molar-refractivity contribution in [2.24, 2.45) is 0 Å². The third-order valence-corrected chi connectivity index (χ3v) is 6.75. The molecule has 6 nitrogen and oxygen atoms in total. The van der Waals surface area contributed by atoms with Gasteiger partial charge in [-0.05, 0) is 61.4 Å². The van der Waals surface area contributed by atoms with Gasteiger partial charge < -0.3 is 5.32 Å². The zero-order valence-corrected chi connectivity index (χ0v) is 16.2. The molecule has 26 heavy (non-hydrogen) atoms. The van der Waals surface area contributed by atoms with Crippen LogP contribution in [0.15, 0.2) is 51.6 Å². The second kappa shape index (κ2) is 7.14. The zero-order chi connectivity index (χ0) is 18.9. The van der Waals surface area contributed by atoms with Crippen LogP contribution in [-0.2, 0) is 9.84 Å². The van der Waals surface area contributed by atoms with Gasteiger partial charge in [-0.3, -0.25) is 4.79 Å². The average molecular weight is 408 g/mol. The fraction of sp³-hybridized carbons (Fsp3) is 0.118. The van der Waals surface area contributed by atoms with Gasteiger partial charge in [0.05, 0.1) is 4.90 Å². The van der Waals surface area contributed by atoms with E-state index >= 15 is 0 Å². The van der Waals surface area contributed by atoms with Crippen LogP contribution in [0.3, 0.4) is 0 Å². The van der Waals surface area contributed by atoms with Gasteiger partial charge in [-0.1, -0.05) is 22.2 Å². The summed E-state index contributed by atoms with van der Waals surface area (Å²) in [6.07, 6.45) is 0. The van der Waals surface area contributed by atoms with Gasteiger partial charge in [0.15, 0.2) is 9.90 Å². The number of aromatic nitrogens is 2. The van der Waals surface area contributed by atoms with Crippen LogP contribution in [0.4, 0.5) is 5.69 Å². The molecule has 1 heterocycles. The molecule has 0 fully saturated rings. The van der Waals surface area contributed by atoms with E-state index in [1.807, 2.05) is 19.9 Å². The van der Waals surface area contributed by atoms with Crippen LogP contribution in [0.5, 0.6) is 0 Å². The van der Waals surface area contributed by atoms with E-state index in [1.165, 1.54) is 24.3 Å². The standard InChI is InChI=1S/C17H14ClN3O3S2/c1-10-7-11(2)9-13(8-10)19-16(22)15-17(25-21-20-15)26(23,24)14-5-3-12(18)4-6-14/h3-9H,1-2H3,(H,19,22). The number of rotatable bonds is 4. The number of sulfone groups is 1. The molecule has 0 atom stereocenters. The predicted octanol–water partition coefficient (Wildman–Crippen LogP) is 3.89. The number of nitrogens with one attached hydrogen (secondary N) is 1. The van der Waals surface area contributed by atoms with Crippen molar-refractivity contribution < 1.29 is 13.2 Å². The van der Waals surface area contributed by atoms with Crippen LogP contribution in [0.2, 0.25) is 5.02 Å². The lowest BCUT2D eigenvalue weighted by Crippen LogP contribution is -2.16. The molecule has 0 saturated carbocycles. The Morgan fingerprint density at radius 1 is 1.08 bits per heavy atom. The van der Waals surface area contributed by atoms with E-state index in [2.05, 4.69) is 14.9 Å². The number of carbonyl (C=O) groups is 1. The molecule has 134 valence electrons. The first kappa shape index (κ1) is 18.5. The minimum absolute atomic E-state index is 0.0217. The highest BCUT2D eigenvalue weighted by Gasteiger charge is 2.29. The number of anilines is 1. The van der Waals surface area contributed by atoms with Gasteiger partial charge in [0.1, 0.15) is 0 Å². The van der Waals surface area contributed by atoms with E-state index < -0.39 is 15.7 Å². The Bertz CT molecular complexity index is 1060. The van der Waals surface area contributed by atoms with Gasteiger partial charge in [0.2, 0.25) is 9.84 Å². The number of benzene rings is 2. The molecule has 3 rings (SSSR count). The molecule has 0 radical (unpaired) electrons. The summed E-state index contributed by atoms with van der Waals surface area (Å²) in [5.74, 6) is -0.628. The lowest BCUT2D eigenvalue weighted by atomic mass is 10.1. The molecule has 1 amide bonds. The van der Waals surface area contributed by atoms with E-state index in [0.717, 1.165) is 11.1 Å². The monoisotopic (exact) mass is 407 g/mol. The predicted molar refractivity (Wildman–Crippen MR) is 101 cm³/mol. The summed E-state index contributed by atoms with van der Waals surface area (Å²) in [7, 11) is -3.92. The summed E-state index contributed by atoms with van der Waals surface area (Å²) >= 11 is 6.46. The number of hydrogen-bond donors (Lipinski definition) is 1. The van der Waals surface area contributed by atoms with Crippen molar-refractivity contribution >= 4 is 44.6 Å². The SMILES string of the molecule is Cc1cc(C)cc(NC(=O)c2nnsc2S(=O)(=O)c2ccc(Cl)cc2)c1. The molecule has 2 aromatic carbocycles. The van der Waals surface area contributed by atoms with Crippen LogP contribution in [0, 0.1) is 13.8 Å². The lowest BCUT2D eigenvalue weighted by molar-refractivity contribution is 0.101. The van der Waals surface area contributed by atoms with Gasteiger partial charge >= 0.3 is 0 Å². The summed E-state index contributed by atoms with van der Waals surface area (Å²) < 4.78 is 29.0. The molecular formula is C17H14ClN3O3S2. The van der Waals surface area contributed by atoms with Crippen molar-refractivity contribution in [1.82, 2.24) is 9.59 Å². The molecule has 1 aromatic heterocycles. The first-order chi connectivity index (χ1) is 12.3. The highest BCUT2D eigenvalue weighted by Crippen LogP contribution is 2.27. The number of carbonyl (C=O) groups excluding carboxylic acids is 1.